The van der Waals surface area contributed by atoms with Crippen LogP contribution >= 0.6 is 0 Å². The minimum atomic E-state index is 0.621. The van der Waals surface area contributed by atoms with Gasteiger partial charge in [0.25, 0.3) is 0 Å². The highest BCUT2D eigenvalue weighted by molar-refractivity contribution is 6.23. The Bertz CT molecular complexity index is 2780. The number of hydrogen-bond acceptors (Lipinski definition) is 2. The molecule has 4 nitrogen and oxygen atoms in total. The van der Waals surface area contributed by atoms with Crippen molar-refractivity contribution in [2.24, 2.45) is 0 Å². The SMILES string of the molecule is C=C/C=C(\C=C/Cc1cc(-c2ccccc2-c2ccccc2)nc(-c2ccccc2)n1)n1c2ccccc2c2ccc3c4ccccc4[nH]c3c21. The van der Waals surface area contributed by atoms with E-state index in [-0.39, 0.29) is 0 Å². The molecule has 0 saturated heterocycles. The molecular formula is C47H34N4. The molecule has 0 spiro atoms. The van der Waals surface area contributed by atoms with E-state index in [1.807, 2.05) is 30.3 Å². The molecule has 0 aliphatic heterocycles. The van der Waals surface area contributed by atoms with Crippen LogP contribution in [0.5, 0.6) is 0 Å². The molecule has 1 N–H and O–H groups in total. The highest BCUT2D eigenvalue weighted by Gasteiger charge is 2.18. The predicted octanol–water partition coefficient (Wildman–Crippen LogP) is 12.0. The van der Waals surface area contributed by atoms with E-state index in [2.05, 4.69) is 162 Å². The fraction of sp³-hybridized carbons (Fsp3) is 0.0213. The van der Waals surface area contributed by atoms with Crippen molar-refractivity contribution in [2.45, 2.75) is 6.42 Å². The third-order valence-electron chi connectivity index (χ3n) is 9.57. The second-order valence-corrected chi connectivity index (χ2v) is 12.7. The highest BCUT2D eigenvalue weighted by atomic mass is 15.0. The highest BCUT2D eigenvalue weighted by Crippen LogP contribution is 2.39. The molecule has 9 aromatic rings. The molecule has 9 rings (SSSR count). The van der Waals surface area contributed by atoms with Crippen LogP contribution in [0.3, 0.4) is 0 Å². The second-order valence-electron chi connectivity index (χ2n) is 12.7. The van der Waals surface area contributed by atoms with Crippen molar-refractivity contribution < 1.29 is 0 Å². The summed E-state index contributed by atoms with van der Waals surface area (Å²) in [5, 5.41) is 4.85. The second kappa shape index (κ2) is 12.9. The summed E-state index contributed by atoms with van der Waals surface area (Å²) < 4.78 is 2.36. The van der Waals surface area contributed by atoms with Crippen molar-refractivity contribution in [2.75, 3.05) is 0 Å². The molecule has 0 radical (unpaired) electrons. The minimum Gasteiger partial charge on any atom is -0.353 e. The molecule has 0 unspecified atom stereocenters. The Kier molecular flexibility index (Phi) is 7.67. The van der Waals surface area contributed by atoms with Gasteiger partial charge in [-0.05, 0) is 41.5 Å². The van der Waals surface area contributed by atoms with Crippen LogP contribution in [0.15, 0.2) is 183 Å². The standard InChI is InChI=1S/C47H34N4/c1-2-16-35(51-44-28-14-12-26-39(44)41-30-29-40-38-25-11-13-27-42(38)49-45(40)46(41)51)22-15-21-34-31-43(50-47(48-34)33-19-7-4-8-20-33)37-24-10-9-23-36(37)32-17-5-3-6-18-32/h2-20,22-31,49H,1,21H2/b22-15-,35-16+. The fourth-order valence-corrected chi connectivity index (χ4v) is 7.30. The predicted molar refractivity (Wildman–Crippen MR) is 214 cm³/mol. The fourth-order valence-electron chi connectivity index (χ4n) is 7.30. The van der Waals surface area contributed by atoms with E-state index in [4.69, 9.17) is 9.97 Å². The summed E-state index contributed by atoms with van der Waals surface area (Å²) in [7, 11) is 0. The number of allylic oxidation sites excluding steroid dienone is 5. The van der Waals surface area contributed by atoms with Crippen molar-refractivity contribution in [3.8, 4) is 33.8 Å². The number of benzene rings is 6. The quantitative estimate of drug-likeness (QED) is 0.166. The van der Waals surface area contributed by atoms with Gasteiger partial charge in [-0.1, -0.05) is 152 Å². The number of nitrogens with one attached hydrogen (secondary N) is 1. The number of nitrogens with zero attached hydrogens (tertiary/aromatic N) is 3. The summed E-state index contributed by atoms with van der Waals surface area (Å²) in [4.78, 5) is 14.0. The Morgan fingerprint density at radius 1 is 0.627 bits per heavy atom. The number of hydrogen-bond donors (Lipinski definition) is 1. The molecule has 0 saturated carbocycles. The molecular weight excluding hydrogens is 621 g/mol. The lowest BCUT2D eigenvalue weighted by molar-refractivity contribution is 1.06. The summed E-state index contributed by atoms with van der Waals surface area (Å²) >= 11 is 0. The van der Waals surface area contributed by atoms with Gasteiger partial charge in [-0.15, -0.1) is 0 Å². The number of fused-ring (bicyclic) bond motifs is 7. The molecule has 0 aliphatic carbocycles. The Balaban J connectivity index is 1.17. The maximum absolute atomic E-state index is 5.12. The largest absolute Gasteiger partial charge is 0.353 e. The lowest BCUT2D eigenvalue weighted by Crippen LogP contribution is -1.99. The third kappa shape index (κ3) is 5.44. The first-order chi connectivity index (χ1) is 25.3. The van der Waals surface area contributed by atoms with Crippen LogP contribution in [0.2, 0.25) is 0 Å². The van der Waals surface area contributed by atoms with Gasteiger partial charge in [0.1, 0.15) is 0 Å². The van der Waals surface area contributed by atoms with Crippen molar-refractivity contribution in [3.63, 3.8) is 0 Å². The van der Waals surface area contributed by atoms with Gasteiger partial charge in [-0.3, -0.25) is 0 Å². The Morgan fingerprint density at radius 3 is 2.10 bits per heavy atom. The van der Waals surface area contributed by atoms with Crippen molar-refractivity contribution in [3.05, 3.63) is 188 Å². The smallest absolute Gasteiger partial charge is 0.160 e. The number of H-pyrrole nitrogens is 1. The van der Waals surface area contributed by atoms with Gasteiger partial charge < -0.3 is 9.55 Å². The van der Waals surface area contributed by atoms with Crippen LogP contribution in [0.1, 0.15) is 5.69 Å². The molecule has 51 heavy (non-hydrogen) atoms. The van der Waals surface area contributed by atoms with Gasteiger partial charge in [0.15, 0.2) is 5.82 Å². The Hall–Kier alpha value is -6.78. The number of aromatic nitrogens is 4. The van der Waals surface area contributed by atoms with Crippen LogP contribution in [0.4, 0.5) is 0 Å². The maximum Gasteiger partial charge on any atom is 0.160 e. The molecule has 0 amide bonds. The zero-order chi connectivity index (χ0) is 34.1. The molecule has 3 aromatic heterocycles. The monoisotopic (exact) mass is 654 g/mol. The molecule has 0 atom stereocenters. The molecule has 0 bridgehead atoms. The van der Waals surface area contributed by atoms with E-state index in [9.17, 15) is 0 Å². The lowest BCUT2D eigenvalue weighted by Gasteiger charge is -2.12. The molecule has 0 aliphatic rings. The topological polar surface area (TPSA) is 46.5 Å². The van der Waals surface area contributed by atoms with Gasteiger partial charge in [0, 0.05) is 56.0 Å². The van der Waals surface area contributed by atoms with Crippen LogP contribution in [0.25, 0.3) is 83.1 Å². The number of rotatable bonds is 8. The zero-order valence-electron chi connectivity index (χ0n) is 28.0. The first-order valence-corrected chi connectivity index (χ1v) is 17.3. The maximum atomic E-state index is 5.12. The average Bonchev–Trinajstić information content (AvgIpc) is 3.74. The van der Waals surface area contributed by atoms with E-state index in [0.29, 0.717) is 12.2 Å². The Morgan fingerprint density at radius 2 is 1.29 bits per heavy atom. The van der Waals surface area contributed by atoms with Crippen molar-refractivity contribution in [1.29, 1.82) is 0 Å². The van der Waals surface area contributed by atoms with E-state index in [1.165, 1.54) is 21.5 Å². The molecule has 0 fully saturated rings. The number of para-hydroxylation sites is 2. The minimum absolute atomic E-state index is 0.621. The zero-order valence-corrected chi connectivity index (χ0v) is 28.0. The summed E-state index contributed by atoms with van der Waals surface area (Å²) in [6, 6.07) is 53.0. The van der Waals surface area contributed by atoms with E-state index in [1.54, 1.807) is 0 Å². The summed E-state index contributed by atoms with van der Waals surface area (Å²) in [6.07, 6.45) is 8.96. The average molecular weight is 655 g/mol. The van der Waals surface area contributed by atoms with E-state index in [0.717, 1.165) is 61.4 Å². The van der Waals surface area contributed by atoms with Gasteiger partial charge >= 0.3 is 0 Å². The number of aromatic amines is 1. The molecule has 3 heterocycles. The summed E-state index contributed by atoms with van der Waals surface area (Å²) in [5.41, 5.74) is 11.8. The van der Waals surface area contributed by atoms with Crippen LogP contribution in [0, 0.1) is 0 Å². The van der Waals surface area contributed by atoms with Crippen LogP contribution in [-0.2, 0) is 6.42 Å². The van der Waals surface area contributed by atoms with Crippen LogP contribution in [-0.4, -0.2) is 19.5 Å². The van der Waals surface area contributed by atoms with Gasteiger partial charge in [0.05, 0.1) is 22.2 Å². The van der Waals surface area contributed by atoms with Crippen molar-refractivity contribution in [1.82, 2.24) is 19.5 Å². The summed E-state index contributed by atoms with van der Waals surface area (Å²) in [6.45, 7) is 4.11. The van der Waals surface area contributed by atoms with Crippen molar-refractivity contribution >= 4 is 49.3 Å². The van der Waals surface area contributed by atoms with Gasteiger partial charge in [-0.2, -0.15) is 0 Å². The molecule has 242 valence electrons. The van der Waals surface area contributed by atoms with Gasteiger partial charge in [-0.25, -0.2) is 9.97 Å². The molecule has 6 aromatic carbocycles. The first-order valence-electron chi connectivity index (χ1n) is 17.3. The van der Waals surface area contributed by atoms with Crippen LogP contribution < -0.4 is 0 Å². The first kappa shape index (κ1) is 30.3. The van der Waals surface area contributed by atoms with E-state index < -0.39 is 0 Å². The molecule has 4 heteroatoms. The summed E-state index contributed by atoms with van der Waals surface area (Å²) in [5.74, 6) is 0.713. The normalized spacial score (nSPS) is 12.1. The van der Waals surface area contributed by atoms with E-state index >= 15 is 0 Å². The Labute approximate surface area is 296 Å². The van der Waals surface area contributed by atoms with Gasteiger partial charge in [0.2, 0.25) is 0 Å². The lowest BCUT2D eigenvalue weighted by atomic mass is 9.97. The third-order valence-corrected chi connectivity index (χ3v) is 9.57.